The van der Waals surface area contributed by atoms with Gasteiger partial charge < -0.3 is 10.1 Å². The maximum atomic E-state index is 11.7. The molecule has 5 nitrogen and oxygen atoms in total. The number of amides is 1. The largest absolute Gasteiger partial charge is 0.493 e. The van der Waals surface area contributed by atoms with Crippen LogP contribution in [0.15, 0.2) is 24.3 Å². The third-order valence-corrected chi connectivity index (χ3v) is 5.26. The fourth-order valence-corrected chi connectivity index (χ4v) is 4.02. The van der Waals surface area contributed by atoms with Gasteiger partial charge in [-0.3, -0.25) is 4.79 Å². The molecular weight excluding hydrogens is 290 g/mol. The van der Waals surface area contributed by atoms with Gasteiger partial charge in [-0.2, -0.15) is 0 Å². The van der Waals surface area contributed by atoms with Gasteiger partial charge in [0.25, 0.3) is 0 Å². The van der Waals surface area contributed by atoms with Crippen LogP contribution in [0.4, 0.5) is 0 Å². The average molecular weight is 311 g/mol. The van der Waals surface area contributed by atoms with E-state index in [9.17, 15) is 13.2 Å². The molecular formula is C15H21NO4S. The molecule has 0 radical (unpaired) electrons. The monoisotopic (exact) mass is 311 g/mol. The summed E-state index contributed by atoms with van der Waals surface area (Å²) >= 11 is 0. The van der Waals surface area contributed by atoms with E-state index in [2.05, 4.69) is 5.32 Å². The lowest BCUT2D eigenvalue weighted by Gasteiger charge is -2.11. The summed E-state index contributed by atoms with van der Waals surface area (Å²) in [5, 5.41) is 2.77. The van der Waals surface area contributed by atoms with E-state index in [1.165, 1.54) is 0 Å². The Bertz CT molecular complexity index is 597. The molecule has 21 heavy (non-hydrogen) atoms. The Morgan fingerprint density at radius 2 is 2.14 bits per heavy atom. The summed E-state index contributed by atoms with van der Waals surface area (Å²) in [7, 11) is -2.95. The minimum atomic E-state index is -2.95. The lowest BCUT2D eigenvalue weighted by Crippen LogP contribution is -2.35. The van der Waals surface area contributed by atoms with Crippen LogP contribution >= 0.6 is 0 Å². The second kappa shape index (κ2) is 6.93. The highest BCUT2D eigenvalue weighted by atomic mass is 32.2. The molecule has 0 spiro atoms. The number of ether oxygens (including phenoxy) is 1. The minimum absolute atomic E-state index is 0.0679. The summed E-state index contributed by atoms with van der Waals surface area (Å²) in [6, 6.07) is 7.52. The van der Waals surface area contributed by atoms with E-state index in [0.717, 1.165) is 11.3 Å². The Morgan fingerprint density at radius 3 is 2.81 bits per heavy atom. The van der Waals surface area contributed by atoms with Gasteiger partial charge in [0.2, 0.25) is 5.91 Å². The number of aryl methyl sites for hydroxylation is 1. The second-order valence-corrected chi connectivity index (χ2v) is 7.61. The molecule has 1 heterocycles. The summed E-state index contributed by atoms with van der Waals surface area (Å²) in [6.07, 6.45) is 1.48. The number of sulfone groups is 1. The summed E-state index contributed by atoms with van der Waals surface area (Å²) in [4.78, 5) is 11.7. The molecule has 1 aliphatic rings. The van der Waals surface area contributed by atoms with Crippen molar-refractivity contribution >= 4 is 15.7 Å². The molecule has 0 bridgehead atoms. The van der Waals surface area contributed by atoms with Gasteiger partial charge >= 0.3 is 0 Å². The standard InChI is InChI=1S/C15H21NO4S/c1-12-5-2-3-6-14(12)20-9-4-7-15(17)16-13-8-10-21(18,19)11-13/h2-3,5-6,13H,4,7-11H2,1H3,(H,16,17). The highest BCUT2D eigenvalue weighted by Gasteiger charge is 2.28. The number of benzene rings is 1. The van der Waals surface area contributed by atoms with Crippen LogP contribution in [0.25, 0.3) is 0 Å². The summed E-state index contributed by atoms with van der Waals surface area (Å²) in [6.45, 7) is 2.45. The fourth-order valence-electron chi connectivity index (χ4n) is 2.34. The fraction of sp³-hybridized carbons (Fsp3) is 0.533. The zero-order chi connectivity index (χ0) is 15.3. The van der Waals surface area contributed by atoms with Gasteiger partial charge in [0, 0.05) is 12.5 Å². The zero-order valence-corrected chi connectivity index (χ0v) is 13.0. The second-order valence-electron chi connectivity index (χ2n) is 5.38. The van der Waals surface area contributed by atoms with Crippen molar-refractivity contribution in [3.05, 3.63) is 29.8 Å². The van der Waals surface area contributed by atoms with Crippen molar-refractivity contribution in [3.63, 3.8) is 0 Å². The van der Waals surface area contributed by atoms with Gasteiger partial charge in [-0.05, 0) is 31.4 Å². The highest BCUT2D eigenvalue weighted by molar-refractivity contribution is 7.91. The van der Waals surface area contributed by atoms with Crippen LogP contribution < -0.4 is 10.1 Å². The Kier molecular flexibility index (Phi) is 5.22. The number of carbonyl (C=O) groups is 1. The Balaban J connectivity index is 1.65. The van der Waals surface area contributed by atoms with E-state index in [-0.39, 0.29) is 23.5 Å². The molecule has 2 rings (SSSR count). The maximum absolute atomic E-state index is 11.7. The van der Waals surface area contributed by atoms with Crippen molar-refractivity contribution < 1.29 is 17.9 Å². The van der Waals surface area contributed by atoms with Gasteiger partial charge in [-0.1, -0.05) is 18.2 Å². The molecule has 0 saturated carbocycles. The molecule has 1 atom stereocenters. The third kappa shape index (κ3) is 5.04. The molecule has 1 aromatic carbocycles. The van der Waals surface area contributed by atoms with Crippen LogP contribution in [0.3, 0.4) is 0 Å². The predicted octanol–water partition coefficient (Wildman–Crippen LogP) is 1.46. The molecule has 1 N–H and O–H groups in total. The summed E-state index contributed by atoms with van der Waals surface area (Å²) in [5.41, 5.74) is 1.07. The summed E-state index contributed by atoms with van der Waals surface area (Å²) in [5.74, 6) is 0.970. The van der Waals surface area contributed by atoms with Crippen molar-refractivity contribution in [2.45, 2.75) is 32.2 Å². The van der Waals surface area contributed by atoms with Gasteiger partial charge in [0.15, 0.2) is 9.84 Å². The molecule has 0 aromatic heterocycles. The molecule has 1 saturated heterocycles. The van der Waals surface area contributed by atoms with Crippen LogP contribution in [0.1, 0.15) is 24.8 Å². The minimum Gasteiger partial charge on any atom is -0.493 e. The Hall–Kier alpha value is -1.56. The van der Waals surface area contributed by atoms with Crippen molar-refractivity contribution in [1.82, 2.24) is 5.32 Å². The number of carbonyl (C=O) groups excluding carboxylic acids is 1. The van der Waals surface area contributed by atoms with Gasteiger partial charge in [0.05, 0.1) is 18.1 Å². The quantitative estimate of drug-likeness (QED) is 0.807. The molecule has 116 valence electrons. The van der Waals surface area contributed by atoms with Crippen LogP contribution in [0.2, 0.25) is 0 Å². The molecule has 1 aromatic rings. The number of para-hydroxylation sites is 1. The number of nitrogens with one attached hydrogen (secondary N) is 1. The maximum Gasteiger partial charge on any atom is 0.220 e. The van der Waals surface area contributed by atoms with Crippen molar-refractivity contribution in [1.29, 1.82) is 0 Å². The Morgan fingerprint density at radius 1 is 1.38 bits per heavy atom. The van der Waals surface area contributed by atoms with Crippen LogP contribution in [-0.2, 0) is 14.6 Å². The third-order valence-electron chi connectivity index (χ3n) is 3.50. The first-order valence-electron chi connectivity index (χ1n) is 7.14. The first-order valence-corrected chi connectivity index (χ1v) is 8.97. The first-order chi connectivity index (χ1) is 9.96. The van der Waals surface area contributed by atoms with Crippen LogP contribution in [-0.4, -0.2) is 38.5 Å². The normalized spacial score (nSPS) is 20.1. The van der Waals surface area contributed by atoms with E-state index < -0.39 is 9.84 Å². The van der Waals surface area contributed by atoms with E-state index >= 15 is 0 Å². The van der Waals surface area contributed by atoms with E-state index in [1.54, 1.807) is 0 Å². The molecule has 1 aliphatic heterocycles. The van der Waals surface area contributed by atoms with Crippen LogP contribution in [0.5, 0.6) is 5.75 Å². The first kappa shape index (κ1) is 15.8. The number of hydrogen-bond acceptors (Lipinski definition) is 4. The average Bonchev–Trinajstić information content (AvgIpc) is 2.76. The van der Waals surface area contributed by atoms with E-state index in [1.807, 2.05) is 31.2 Å². The molecule has 1 amide bonds. The van der Waals surface area contributed by atoms with E-state index in [0.29, 0.717) is 25.9 Å². The molecule has 0 aliphatic carbocycles. The van der Waals surface area contributed by atoms with Gasteiger partial charge in [-0.15, -0.1) is 0 Å². The van der Waals surface area contributed by atoms with Gasteiger partial charge in [0.1, 0.15) is 5.75 Å². The molecule has 1 fully saturated rings. The number of hydrogen-bond donors (Lipinski definition) is 1. The number of rotatable bonds is 6. The zero-order valence-electron chi connectivity index (χ0n) is 12.2. The molecule has 1 unspecified atom stereocenters. The molecule has 6 heteroatoms. The SMILES string of the molecule is Cc1ccccc1OCCCC(=O)NC1CCS(=O)(=O)C1. The highest BCUT2D eigenvalue weighted by Crippen LogP contribution is 2.16. The van der Waals surface area contributed by atoms with Gasteiger partial charge in [-0.25, -0.2) is 8.42 Å². The van der Waals surface area contributed by atoms with Crippen molar-refractivity contribution in [3.8, 4) is 5.75 Å². The topological polar surface area (TPSA) is 72.5 Å². The van der Waals surface area contributed by atoms with Crippen molar-refractivity contribution in [2.75, 3.05) is 18.1 Å². The van der Waals surface area contributed by atoms with Crippen LogP contribution in [0, 0.1) is 6.92 Å². The van der Waals surface area contributed by atoms with E-state index in [4.69, 9.17) is 4.74 Å². The van der Waals surface area contributed by atoms with Crippen molar-refractivity contribution in [2.24, 2.45) is 0 Å². The Labute approximate surface area is 125 Å². The summed E-state index contributed by atoms with van der Waals surface area (Å²) < 4.78 is 28.2. The smallest absolute Gasteiger partial charge is 0.220 e. The predicted molar refractivity (Wildman–Crippen MR) is 81.1 cm³/mol. The lowest BCUT2D eigenvalue weighted by atomic mass is 10.2. The lowest BCUT2D eigenvalue weighted by molar-refractivity contribution is -0.121.